The van der Waals surface area contributed by atoms with Gasteiger partial charge < -0.3 is 29.4 Å². The Bertz CT molecular complexity index is 429. The molecule has 0 atom stereocenters. The zero-order chi connectivity index (χ0) is 17.5. The van der Waals surface area contributed by atoms with E-state index in [2.05, 4.69) is 23.6 Å². The number of benzene rings is 2. The van der Waals surface area contributed by atoms with Gasteiger partial charge in [0, 0.05) is 0 Å². The van der Waals surface area contributed by atoms with Crippen molar-refractivity contribution in [1.82, 2.24) is 0 Å². The van der Waals surface area contributed by atoms with Crippen LogP contribution < -0.4 is 0 Å². The second-order valence-corrected chi connectivity index (χ2v) is 8.33. The Balaban J connectivity index is -0.000000230. The van der Waals surface area contributed by atoms with E-state index < -0.39 is 13.4 Å². The van der Waals surface area contributed by atoms with Crippen molar-refractivity contribution in [3.8, 4) is 0 Å². The summed E-state index contributed by atoms with van der Waals surface area (Å²) < 4.78 is 0. The van der Waals surface area contributed by atoms with Gasteiger partial charge >= 0.3 is 64.8 Å². The van der Waals surface area contributed by atoms with Crippen molar-refractivity contribution in [2.75, 3.05) is 0 Å². The van der Waals surface area contributed by atoms with Crippen LogP contribution in [0.5, 0.6) is 0 Å². The van der Waals surface area contributed by atoms with Crippen LogP contribution in [-0.4, -0.2) is 80.7 Å². The van der Waals surface area contributed by atoms with Crippen LogP contribution in [0.1, 0.15) is 0 Å². The molecule has 6 nitrogen and oxygen atoms in total. The van der Waals surface area contributed by atoms with Crippen LogP contribution in [0, 0.1) is 0 Å². The third-order valence-electron chi connectivity index (χ3n) is 1.33. The minimum absolute atomic E-state index is 0. The summed E-state index contributed by atoms with van der Waals surface area (Å²) in [5.41, 5.74) is 0. The first kappa shape index (κ1) is 28.9. The van der Waals surface area contributed by atoms with Crippen LogP contribution in [0.3, 0.4) is 0 Å². The Hall–Kier alpha value is 1.14. The van der Waals surface area contributed by atoms with Gasteiger partial charge in [0.2, 0.25) is 0 Å². The van der Waals surface area contributed by atoms with Crippen molar-refractivity contribution in [2.45, 2.75) is 0 Å². The molecule has 0 spiro atoms. The zero-order valence-electron chi connectivity index (χ0n) is 11.3. The van der Waals surface area contributed by atoms with Crippen LogP contribution >= 0.6 is 13.4 Å². The molecule has 0 fully saturated rings. The molecule has 0 heterocycles. The number of hydrogen-bond acceptors (Lipinski definition) is 2. The molecule has 0 aliphatic heterocycles. The standard InChI is InChI=1S/2C6H6.K.2H3O3PS.H/c2*1-2-4-6-5-3-1;;2*1-4(2,3)5;/h2*1-6H;;2*(H3,1,2,3,5);. The fourth-order valence-electron chi connectivity index (χ4n) is 0.770. The summed E-state index contributed by atoms with van der Waals surface area (Å²) in [6.45, 7) is -7.61. The van der Waals surface area contributed by atoms with Gasteiger partial charge in [0.15, 0.2) is 0 Å². The third-order valence-corrected chi connectivity index (χ3v) is 1.33. The Morgan fingerprint density at radius 2 is 0.435 bits per heavy atom. The largest absolute Gasteiger partial charge is 0.0623 e. The molecule has 0 radical (unpaired) electrons. The Morgan fingerprint density at radius 1 is 0.391 bits per heavy atom. The molecule has 0 aliphatic rings. The molecule has 2 aromatic rings. The zero-order valence-corrected chi connectivity index (χ0v) is 14.7. The van der Waals surface area contributed by atoms with Gasteiger partial charge in [-0.1, -0.05) is 72.8 Å². The van der Waals surface area contributed by atoms with Crippen molar-refractivity contribution in [2.24, 2.45) is 0 Å². The fourth-order valence-corrected chi connectivity index (χ4v) is 0.770. The molecule has 0 saturated carbocycles. The minimum atomic E-state index is -3.81. The molecule has 0 unspecified atom stereocenters. The van der Waals surface area contributed by atoms with E-state index in [-0.39, 0.29) is 51.4 Å². The Kier molecular flexibility index (Phi) is 22.6. The van der Waals surface area contributed by atoms with E-state index in [1.54, 1.807) is 0 Å². The monoisotopic (exact) mass is 424 g/mol. The molecule has 23 heavy (non-hydrogen) atoms. The van der Waals surface area contributed by atoms with Gasteiger partial charge in [0.25, 0.3) is 0 Å². The molecule has 6 N–H and O–H groups in total. The van der Waals surface area contributed by atoms with Crippen molar-refractivity contribution < 1.29 is 29.4 Å². The summed E-state index contributed by atoms with van der Waals surface area (Å²) in [6.07, 6.45) is 0. The molecule has 2 aromatic carbocycles. The maximum Gasteiger partial charge on any atom is -0.0623 e. The van der Waals surface area contributed by atoms with Gasteiger partial charge in [-0.3, -0.25) is 0 Å². The summed E-state index contributed by atoms with van der Waals surface area (Å²) in [4.78, 5) is 45.3. The Labute approximate surface area is 188 Å². The van der Waals surface area contributed by atoms with Crippen LogP contribution in [0.4, 0.5) is 0 Å². The van der Waals surface area contributed by atoms with Crippen molar-refractivity contribution in [3.63, 3.8) is 0 Å². The fraction of sp³-hybridized carbons (Fsp3) is 0. The predicted molar refractivity (Wildman–Crippen MR) is 102 cm³/mol. The minimum Gasteiger partial charge on any atom is -0.0623 e. The van der Waals surface area contributed by atoms with E-state index in [1.165, 1.54) is 0 Å². The van der Waals surface area contributed by atoms with E-state index in [9.17, 15) is 0 Å². The second-order valence-electron chi connectivity index (χ2n) is 3.34. The molecular weight excluding hydrogens is 405 g/mol. The van der Waals surface area contributed by atoms with Crippen molar-refractivity contribution in [3.05, 3.63) is 72.8 Å². The number of rotatable bonds is 0. The second kappa shape index (κ2) is 17.9. The molecule has 11 heteroatoms. The van der Waals surface area contributed by atoms with Gasteiger partial charge in [0.1, 0.15) is 0 Å². The smallest absolute Gasteiger partial charge is 0.0623 e. The van der Waals surface area contributed by atoms with E-state index in [0.717, 1.165) is 0 Å². The molecule has 0 aromatic heterocycles. The van der Waals surface area contributed by atoms with E-state index in [1.807, 2.05) is 72.8 Å². The molecule has 126 valence electrons. The summed E-state index contributed by atoms with van der Waals surface area (Å²) in [7, 11) is 0. The quantitative estimate of drug-likeness (QED) is 0.275. The summed E-state index contributed by atoms with van der Waals surface area (Å²) in [5.74, 6) is 0. The van der Waals surface area contributed by atoms with E-state index in [0.29, 0.717) is 0 Å². The first-order chi connectivity index (χ1) is 10.0. The molecule has 0 amide bonds. The first-order valence-corrected chi connectivity index (χ1v) is 10.9. The van der Waals surface area contributed by atoms with Gasteiger partial charge in [-0.15, -0.1) is 0 Å². The average molecular weight is 424 g/mol. The topological polar surface area (TPSA) is 121 Å². The van der Waals surface area contributed by atoms with Gasteiger partial charge in [0.05, 0.1) is 0 Å². The molecule has 0 aliphatic carbocycles. The van der Waals surface area contributed by atoms with Crippen molar-refractivity contribution in [1.29, 1.82) is 0 Å². The van der Waals surface area contributed by atoms with Crippen LogP contribution in [0.25, 0.3) is 0 Å². The Morgan fingerprint density at radius 3 is 0.478 bits per heavy atom. The van der Waals surface area contributed by atoms with Crippen molar-refractivity contribution >= 4 is 88.4 Å². The van der Waals surface area contributed by atoms with E-state index >= 15 is 0 Å². The SMILES string of the molecule is OP(O)(O)=S.OP(O)(O)=S.[KH].c1ccccc1.c1ccccc1. The molecular formula is C12H19KO6P2S2. The van der Waals surface area contributed by atoms with E-state index in [4.69, 9.17) is 29.4 Å². The molecule has 0 bridgehead atoms. The maximum atomic E-state index is 7.56. The first-order valence-electron chi connectivity index (χ1n) is 5.57. The molecule has 0 saturated heterocycles. The predicted octanol–water partition coefficient (Wildman–Crippen LogP) is 1.10. The molecule has 2 rings (SSSR count). The van der Waals surface area contributed by atoms with Crippen LogP contribution in [0.2, 0.25) is 0 Å². The van der Waals surface area contributed by atoms with Gasteiger partial charge in [-0.2, -0.15) is 0 Å². The van der Waals surface area contributed by atoms with Gasteiger partial charge in [-0.25, -0.2) is 0 Å². The van der Waals surface area contributed by atoms with Gasteiger partial charge in [-0.05, 0) is 23.6 Å². The summed E-state index contributed by atoms with van der Waals surface area (Å²) in [5, 5.41) is 0. The van der Waals surface area contributed by atoms with Crippen LogP contribution in [-0.2, 0) is 23.6 Å². The maximum absolute atomic E-state index is 7.56. The normalized spacial score (nSPS) is 9.30. The number of hydrogen-bond donors (Lipinski definition) is 6. The summed E-state index contributed by atoms with van der Waals surface area (Å²) >= 11 is 7.21. The third kappa shape index (κ3) is 59.9. The summed E-state index contributed by atoms with van der Waals surface area (Å²) in [6, 6.07) is 24.0. The average Bonchev–Trinajstić information content (AvgIpc) is 2.40. The van der Waals surface area contributed by atoms with Crippen LogP contribution in [0.15, 0.2) is 72.8 Å².